The molecule has 1 unspecified atom stereocenters. The standard InChI is InChI=1S/C15H12Cl2F2O/c16-11-4-5-14(18)10(6-11)8-12(20)7-9-2-1-3-13(17)15(9)19/h1-6,12,20H,7-8H2. The summed E-state index contributed by atoms with van der Waals surface area (Å²) in [6, 6.07) is 8.71. The third-order valence-corrected chi connectivity index (χ3v) is 3.48. The molecule has 0 bridgehead atoms. The number of hydrogen-bond acceptors (Lipinski definition) is 1. The molecule has 20 heavy (non-hydrogen) atoms. The second-order valence-corrected chi connectivity index (χ2v) is 5.35. The van der Waals surface area contributed by atoms with Crippen molar-refractivity contribution in [2.24, 2.45) is 0 Å². The van der Waals surface area contributed by atoms with Gasteiger partial charge in [-0.3, -0.25) is 0 Å². The maximum absolute atomic E-state index is 13.7. The molecule has 0 fully saturated rings. The highest BCUT2D eigenvalue weighted by Gasteiger charge is 2.14. The Morgan fingerprint density at radius 3 is 2.45 bits per heavy atom. The molecule has 2 aromatic rings. The fourth-order valence-corrected chi connectivity index (χ4v) is 2.37. The molecule has 0 spiro atoms. The molecule has 0 amide bonds. The number of hydrogen-bond donors (Lipinski definition) is 1. The molecule has 0 aliphatic carbocycles. The van der Waals surface area contributed by atoms with E-state index in [1.807, 2.05) is 0 Å². The third kappa shape index (κ3) is 3.69. The zero-order chi connectivity index (χ0) is 14.7. The number of aliphatic hydroxyl groups excluding tert-OH is 1. The molecule has 5 heteroatoms. The Morgan fingerprint density at radius 2 is 1.70 bits per heavy atom. The first-order valence-electron chi connectivity index (χ1n) is 6.02. The van der Waals surface area contributed by atoms with Gasteiger partial charge in [0.1, 0.15) is 11.6 Å². The monoisotopic (exact) mass is 316 g/mol. The summed E-state index contributed by atoms with van der Waals surface area (Å²) in [4.78, 5) is 0. The summed E-state index contributed by atoms with van der Waals surface area (Å²) in [7, 11) is 0. The molecular formula is C15H12Cl2F2O. The first kappa shape index (κ1) is 15.2. The van der Waals surface area contributed by atoms with Crippen molar-refractivity contribution in [3.63, 3.8) is 0 Å². The molecule has 0 aliphatic rings. The van der Waals surface area contributed by atoms with Gasteiger partial charge in [-0.25, -0.2) is 8.78 Å². The van der Waals surface area contributed by atoms with E-state index in [1.165, 1.54) is 24.3 Å². The van der Waals surface area contributed by atoms with Gasteiger partial charge in [0, 0.05) is 17.9 Å². The molecule has 0 heterocycles. The van der Waals surface area contributed by atoms with Gasteiger partial charge in [0.2, 0.25) is 0 Å². The Kier molecular flexibility index (Phi) is 4.97. The van der Waals surface area contributed by atoms with Gasteiger partial charge in [-0.05, 0) is 35.4 Å². The first-order valence-corrected chi connectivity index (χ1v) is 6.78. The van der Waals surface area contributed by atoms with Crippen LogP contribution in [0.2, 0.25) is 10.0 Å². The minimum absolute atomic E-state index is 0.00337. The zero-order valence-electron chi connectivity index (χ0n) is 10.4. The van der Waals surface area contributed by atoms with Gasteiger partial charge in [0.15, 0.2) is 0 Å². The Bertz CT molecular complexity index is 613. The van der Waals surface area contributed by atoms with Crippen LogP contribution in [0, 0.1) is 11.6 Å². The molecule has 1 atom stereocenters. The van der Waals surface area contributed by atoms with Crippen LogP contribution in [0.1, 0.15) is 11.1 Å². The highest BCUT2D eigenvalue weighted by molar-refractivity contribution is 6.31. The average molecular weight is 317 g/mol. The molecule has 106 valence electrons. The normalized spacial score (nSPS) is 12.4. The predicted octanol–water partition coefficient (Wildman–Crippen LogP) is 4.42. The van der Waals surface area contributed by atoms with E-state index in [9.17, 15) is 13.9 Å². The predicted molar refractivity (Wildman–Crippen MR) is 76.2 cm³/mol. The summed E-state index contributed by atoms with van der Waals surface area (Å²) in [5.41, 5.74) is 0.597. The third-order valence-electron chi connectivity index (χ3n) is 2.95. The van der Waals surface area contributed by atoms with Crippen molar-refractivity contribution in [3.8, 4) is 0 Å². The summed E-state index contributed by atoms with van der Waals surface area (Å²) >= 11 is 11.5. The quantitative estimate of drug-likeness (QED) is 0.885. The number of rotatable bonds is 4. The lowest BCUT2D eigenvalue weighted by Crippen LogP contribution is -2.15. The van der Waals surface area contributed by atoms with E-state index in [4.69, 9.17) is 23.2 Å². The van der Waals surface area contributed by atoms with Crippen molar-refractivity contribution in [3.05, 3.63) is 69.2 Å². The van der Waals surface area contributed by atoms with Gasteiger partial charge in [-0.15, -0.1) is 0 Å². The maximum Gasteiger partial charge on any atom is 0.145 e. The van der Waals surface area contributed by atoms with E-state index >= 15 is 0 Å². The molecule has 0 saturated carbocycles. The van der Waals surface area contributed by atoms with Crippen LogP contribution in [0.3, 0.4) is 0 Å². The van der Waals surface area contributed by atoms with E-state index < -0.39 is 17.7 Å². The van der Waals surface area contributed by atoms with Crippen LogP contribution in [-0.2, 0) is 12.8 Å². The Morgan fingerprint density at radius 1 is 1.00 bits per heavy atom. The Hall–Kier alpha value is -1.16. The number of aliphatic hydroxyl groups is 1. The minimum atomic E-state index is -0.920. The summed E-state index contributed by atoms with van der Waals surface area (Å²) in [5, 5.41) is 10.4. The molecule has 0 radical (unpaired) electrons. The van der Waals surface area contributed by atoms with Crippen LogP contribution in [0.15, 0.2) is 36.4 Å². The van der Waals surface area contributed by atoms with Gasteiger partial charge in [-0.1, -0.05) is 35.3 Å². The molecule has 0 aliphatic heterocycles. The van der Waals surface area contributed by atoms with Gasteiger partial charge >= 0.3 is 0 Å². The van der Waals surface area contributed by atoms with E-state index in [1.54, 1.807) is 12.1 Å². The number of benzene rings is 2. The Balaban J connectivity index is 2.11. The Labute approximate surface area is 125 Å². The van der Waals surface area contributed by atoms with Crippen molar-refractivity contribution in [1.29, 1.82) is 0 Å². The highest BCUT2D eigenvalue weighted by Crippen LogP contribution is 2.21. The van der Waals surface area contributed by atoms with Crippen LogP contribution in [0.4, 0.5) is 8.78 Å². The highest BCUT2D eigenvalue weighted by atomic mass is 35.5. The van der Waals surface area contributed by atoms with Gasteiger partial charge in [0.25, 0.3) is 0 Å². The van der Waals surface area contributed by atoms with Crippen molar-refractivity contribution < 1.29 is 13.9 Å². The van der Waals surface area contributed by atoms with E-state index in [0.29, 0.717) is 16.1 Å². The van der Waals surface area contributed by atoms with E-state index in [0.717, 1.165) is 0 Å². The number of halogens is 4. The lowest BCUT2D eigenvalue weighted by Gasteiger charge is -2.12. The van der Waals surface area contributed by atoms with E-state index in [-0.39, 0.29) is 17.9 Å². The van der Waals surface area contributed by atoms with E-state index in [2.05, 4.69) is 0 Å². The smallest absolute Gasteiger partial charge is 0.145 e. The lowest BCUT2D eigenvalue weighted by molar-refractivity contribution is 0.173. The fraction of sp³-hybridized carbons (Fsp3) is 0.200. The molecule has 0 aromatic heterocycles. The topological polar surface area (TPSA) is 20.2 Å². The van der Waals surface area contributed by atoms with Crippen molar-refractivity contribution >= 4 is 23.2 Å². The molecule has 1 N–H and O–H groups in total. The molecule has 1 nitrogen and oxygen atoms in total. The van der Waals surface area contributed by atoms with Gasteiger partial charge < -0.3 is 5.11 Å². The van der Waals surface area contributed by atoms with Gasteiger partial charge in [0.05, 0.1) is 11.1 Å². The summed E-state index contributed by atoms with van der Waals surface area (Å²) < 4.78 is 27.3. The largest absolute Gasteiger partial charge is 0.392 e. The second kappa shape index (κ2) is 6.53. The second-order valence-electron chi connectivity index (χ2n) is 4.51. The van der Waals surface area contributed by atoms with Crippen LogP contribution < -0.4 is 0 Å². The van der Waals surface area contributed by atoms with Crippen LogP contribution in [-0.4, -0.2) is 11.2 Å². The van der Waals surface area contributed by atoms with Gasteiger partial charge in [-0.2, -0.15) is 0 Å². The average Bonchev–Trinajstić information content (AvgIpc) is 2.39. The van der Waals surface area contributed by atoms with Crippen LogP contribution >= 0.6 is 23.2 Å². The van der Waals surface area contributed by atoms with Crippen molar-refractivity contribution in [1.82, 2.24) is 0 Å². The maximum atomic E-state index is 13.7. The fourth-order valence-electron chi connectivity index (χ4n) is 1.99. The van der Waals surface area contributed by atoms with Crippen LogP contribution in [0.5, 0.6) is 0 Å². The lowest BCUT2D eigenvalue weighted by atomic mass is 10.0. The molecular weight excluding hydrogens is 305 g/mol. The summed E-state index contributed by atoms with van der Waals surface area (Å²) in [5.74, 6) is -1.00. The van der Waals surface area contributed by atoms with Crippen LogP contribution in [0.25, 0.3) is 0 Å². The first-order chi connectivity index (χ1) is 9.47. The molecule has 0 saturated heterocycles. The minimum Gasteiger partial charge on any atom is -0.392 e. The molecule has 2 aromatic carbocycles. The summed E-state index contributed by atoms with van der Waals surface area (Å²) in [6.07, 6.45) is -0.813. The molecule has 2 rings (SSSR count). The van der Waals surface area contributed by atoms with Crippen molar-refractivity contribution in [2.45, 2.75) is 18.9 Å². The summed E-state index contributed by atoms with van der Waals surface area (Å²) in [6.45, 7) is 0. The van der Waals surface area contributed by atoms with Crippen molar-refractivity contribution in [2.75, 3.05) is 0 Å². The zero-order valence-corrected chi connectivity index (χ0v) is 11.9. The SMILES string of the molecule is OC(Cc1cc(Cl)ccc1F)Cc1cccc(Cl)c1F.